The van der Waals surface area contributed by atoms with E-state index >= 15 is 0 Å². The summed E-state index contributed by atoms with van der Waals surface area (Å²) in [6.07, 6.45) is 9.74. The highest BCUT2D eigenvalue weighted by molar-refractivity contribution is 5.63. The van der Waals surface area contributed by atoms with Gasteiger partial charge >= 0.3 is 0 Å². The first-order valence-corrected chi connectivity index (χ1v) is 5.23. The second-order valence-electron chi connectivity index (χ2n) is 3.40. The molecule has 0 atom stereocenters. The van der Waals surface area contributed by atoms with Crippen molar-refractivity contribution in [1.82, 2.24) is 20.1 Å². The normalized spacial score (nSPS) is 11.1. The maximum Gasteiger partial charge on any atom is 0.251 e. The molecule has 3 aromatic rings. The van der Waals surface area contributed by atoms with Crippen LogP contribution in [-0.4, -0.2) is 20.1 Å². The van der Waals surface area contributed by atoms with E-state index in [2.05, 4.69) is 20.1 Å². The SMILES string of the molecule is C(=Cc1nc(-c2cnccn2)no1)c1ccco1. The Labute approximate surface area is 102 Å². The van der Waals surface area contributed by atoms with Crippen molar-refractivity contribution in [2.75, 3.05) is 0 Å². The summed E-state index contributed by atoms with van der Waals surface area (Å²) in [5.74, 6) is 1.50. The summed E-state index contributed by atoms with van der Waals surface area (Å²) in [6, 6.07) is 3.63. The number of hydrogen-bond acceptors (Lipinski definition) is 6. The lowest BCUT2D eigenvalue weighted by molar-refractivity contribution is 0.411. The molecule has 0 fully saturated rings. The molecular formula is C12H8N4O2. The van der Waals surface area contributed by atoms with Gasteiger partial charge in [0.15, 0.2) is 0 Å². The highest BCUT2D eigenvalue weighted by atomic mass is 16.5. The molecule has 3 heterocycles. The van der Waals surface area contributed by atoms with Gasteiger partial charge in [-0.25, -0.2) is 4.98 Å². The zero-order valence-corrected chi connectivity index (χ0v) is 9.22. The van der Waals surface area contributed by atoms with Crippen molar-refractivity contribution < 1.29 is 8.94 Å². The molecule has 0 saturated carbocycles. The van der Waals surface area contributed by atoms with E-state index in [0.29, 0.717) is 23.2 Å². The average molecular weight is 240 g/mol. The van der Waals surface area contributed by atoms with Crippen molar-refractivity contribution in [2.45, 2.75) is 0 Å². The fourth-order valence-corrected chi connectivity index (χ4v) is 1.36. The summed E-state index contributed by atoms with van der Waals surface area (Å²) >= 11 is 0. The molecule has 0 N–H and O–H groups in total. The first-order valence-electron chi connectivity index (χ1n) is 5.23. The predicted molar refractivity (Wildman–Crippen MR) is 63.0 cm³/mol. The van der Waals surface area contributed by atoms with E-state index in [9.17, 15) is 0 Å². The number of rotatable bonds is 3. The third-order valence-electron chi connectivity index (χ3n) is 2.17. The summed E-state index contributed by atoms with van der Waals surface area (Å²) in [4.78, 5) is 12.2. The van der Waals surface area contributed by atoms with Gasteiger partial charge in [-0.3, -0.25) is 4.98 Å². The zero-order valence-electron chi connectivity index (χ0n) is 9.22. The van der Waals surface area contributed by atoms with Crippen molar-refractivity contribution in [2.24, 2.45) is 0 Å². The maximum atomic E-state index is 5.15. The molecule has 0 aliphatic heterocycles. The van der Waals surface area contributed by atoms with E-state index in [4.69, 9.17) is 8.94 Å². The van der Waals surface area contributed by atoms with Crippen LogP contribution in [0.5, 0.6) is 0 Å². The van der Waals surface area contributed by atoms with Crippen LogP contribution in [0, 0.1) is 0 Å². The Morgan fingerprint density at radius 2 is 2.17 bits per heavy atom. The van der Waals surface area contributed by atoms with Crippen LogP contribution in [0.4, 0.5) is 0 Å². The fraction of sp³-hybridized carbons (Fsp3) is 0. The van der Waals surface area contributed by atoms with Crippen molar-refractivity contribution in [3.63, 3.8) is 0 Å². The molecule has 6 heteroatoms. The predicted octanol–water partition coefficient (Wildman–Crippen LogP) is 2.29. The van der Waals surface area contributed by atoms with Crippen molar-refractivity contribution >= 4 is 12.2 Å². The molecule has 0 unspecified atom stereocenters. The molecule has 0 aliphatic carbocycles. The van der Waals surface area contributed by atoms with Gasteiger partial charge in [-0.15, -0.1) is 0 Å². The van der Waals surface area contributed by atoms with Crippen LogP contribution in [0.1, 0.15) is 11.7 Å². The number of hydrogen-bond donors (Lipinski definition) is 0. The van der Waals surface area contributed by atoms with Gasteiger partial charge in [0, 0.05) is 18.5 Å². The third kappa shape index (κ3) is 2.17. The topological polar surface area (TPSA) is 77.8 Å². The molecule has 3 rings (SSSR count). The Bertz CT molecular complexity index is 644. The summed E-state index contributed by atoms with van der Waals surface area (Å²) in [6.45, 7) is 0. The molecule has 88 valence electrons. The van der Waals surface area contributed by atoms with Crippen molar-refractivity contribution in [1.29, 1.82) is 0 Å². The number of aromatic nitrogens is 4. The van der Waals surface area contributed by atoms with Crippen molar-refractivity contribution in [3.8, 4) is 11.5 Å². The largest absolute Gasteiger partial charge is 0.465 e. The minimum Gasteiger partial charge on any atom is -0.465 e. The minimum absolute atomic E-state index is 0.382. The van der Waals surface area contributed by atoms with Crippen LogP contribution in [0.15, 0.2) is 45.9 Å². The standard InChI is InChI=1S/C12H8N4O2/c1-2-9(17-7-1)3-4-11-15-12(16-18-11)10-8-13-5-6-14-10/h1-8H. The molecule has 0 saturated heterocycles. The van der Waals surface area contributed by atoms with Gasteiger partial charge in [0.05, 0.1) is 12.5 Å². The van der Waals surface area contributed by atoms with Gasteiger partial charge in [0.25, 0.3) is 5.89 Å². The smallest absolute Gasteiger partial charge is 0.251 e. The lowest BCUT2D eigenvalue weighted by atomic mass is 10.4. The molecule has 3 aromatic heterocycles. The Kier molecular flexibility index (Phi) is 2.67. The Morgan fingerprint density at radius 1 is 1.17 bits per heavy atom. The summed E-state index contributed by atoms with van der Waals surface area (Å²) in [5.41, 5.74) is 0.568. The third-order valence-corrected chi connectivity index (χ3v) is 2.17. The van der Waals surface area contributed by atoms with E-state index in [1.165, 1.54) is 0 Å². The quantitative estimate of drug-likeness (QED) is 0.698. The Balaban J connectivity index is 1.82. The number of furan rings is 1. The molecule has 0 aliphatic rings. The van der Waals surface area contributed by atoms with E-state index in [1.807, 2.05) is 6.07 Å². The molecule has 0 bridgehead atoms. The van der Waals surface area contributed by atoms with Gasteiger partial charge in [-0.1, -0.05) is 5.16 Å². The maximum absolute atomic E-state index is 5.15. The van der Waals surface area contributed by atoms with E-state index in [0.717, 1.165) is 0 Å². The van der Waals surface area contributed by atoms with Crippen LogP contribution in [0.25, 0.3) is 23.7 Å². The van der Waals surface area contributed by atoms with Crippen molar-refractivity contribution in [3.05, 3.63) is 48.6 Å². The number of nitrogens with zero attached hydrogens (tertiary/aromatic N) is 4. The van der Waals surface area contributed by atoms with Crippen LogP contribution in [0.3, 0.4) is 0 Å². The second kappa shape index (κ2) is 4.62. The molecule has 18 heavy (non-hydrogen) atoms. The minimum atomic E-state index is 0.382. The highest BCUT2D eigenvalue weighted by Gasteiger charge is 2.07. The highest BCUT2D eigenvalue weighted by Crippen LogP contribution is 2.13. The Morgan fingerprint density at radius 3 is 2.94 bits per heavy atom. The Hall–Kier alpha value is -2.76. The summed E-state index contributed by atoms with van der Waals surface area (Å²) in [5, 5.41) is 3.82. The van der Waals surface area contributed by atoms with E-state index in [1.54, 1.807) is 43.1 Å². The van der Waals surface area contributed by atoms with Crippen LogP contribution < -0.4 is 0 Å². The van der Waals surface area contributed by atoms with Gasteiger partial charge in [0.1, 0.15) is 11.5 Å². The first-order chi connectivity index (χ1) is 8.92. The lowest BCUT2D eigenvalue weighted by Crippen LogP contribution is -1.85. The second-order valence-corrected chi connectivity index (χ2v) is 3.40. The molecule has 0 radical (unpaired) electrons. The summed E-state index contributed by atoms with van der Waals surface area (Å²) < 4.78 is 10.2. The summed E-state index contributed by atoms with van der Waals surface area (Å²) in [7, 11) is 0. The lowest BCUT2D eigenvalue weighted by Gasteiger charge is -1.88. The molecular weight excluding hydrogens is 232 g/mol. The molecule has 6 nitrogen and oxygen atoms in total. The monoisotopic (exact) mass is 240 g/mol. The van der Waals surface area contributed by atoms with Gasteiger partial charge < -0.3 is 8.94 Å². The van der Waals surface area contributed by atoms with Crippen LogP contribution in [-0.2, 0) is 0 Å². The van der Waals surface area contributed by atoms with Gasteiger partial charge in [-0.2, -0.15) is 4.98 Å². The van der Waals surface area contributed by atoms with E-state index < -0.39 is 0 Å². The first kappa shape index (κ1) is 10.4. The molecule has 0 amide bonds. The average Bonchev–Trinajstić information content (AvgIpc) is 3.09. The fourth-order valence-electron chi connectivity index (χ4n) is 1.36. The van der Waals surface area contributed by atoms with Gasteiger partial charge in [0.2, 0.25) is 5.82 Å². The van der Waals surface area contributed by atoms with Gasteiger partial charge in [-0.05, 0) is 18.2 Å². The zero-order chi connectivity index (χ0) is 12.2. The van der Waals surface area contributed by atoms with Crippen LogP contribution >= 0.6 is 0 Å². The van der Waals surface area contributed by atoms with Crippen LogP contribution in [0.2, 0.25) is 0 Å². The molecule has 0 spiro atoms. The molecule has 0 aromatic carbocycles. The van der Waals surface area contributed by atoms with E-state index in [-0.39, 0.29) is 0 Å².